The molecule has 0 saturated carbocycles. The van der Waals surface area contributed by atoms with Crippen molar-refractivity contribution >= 4 is 34.7 Å². The number of para-hydroxylation sites is 1. The standard InChI is InChI=1S/C25H24N4O6/c1-3-34-25(31)18-7-4-5-8-19(18)26-24(30)23-15(2)22-20(9-6-10-21(22)35-23)28-27-16-11-13-17(14-12-16)29(32)33/h4-5,7-8,11-14,27H,3,6,9-10H2,1-2H3,(H,26,30)/b28-20+. The molecule has 0 bridgehead atoms. The van der Waals surface area contributed by atoms with Crippen molar-refractivity contribution in [3.05, 3.63) is 86.9 Å². The number of furan rings is 1. The molecule has 10 heteroatoms. The molecule has 10 nitrogen and oxygen atoms in total. The molecule has 2 N–H and O–H groups in total. The van der Waals surface area contributed by atoms with Crippen LogP contribution >= 0.6 is 0 Å². The first-order valence-electron chi connectivity index (χ1n) is 11.2. The summed E-state index contributed by atoms with van der Waals surface area (Å²) in [6, 6.07) is 12.6. The number of carbonyl (C=O) groups is 2. The van der Waals surface area contributed by atoms with Gasteiger partial charge < -0.3 is 14.5 Å². The molecule has 2 aromatic carbocycles. The minimum absolute atomic E-state index is 0.00554. The van der Waals surface area contributed by atoms with Crippen molar-refractivity contribution in [2.24, 2.45) is 5.10 Å². The van der Waals surface area contributed by atoms with Crippen LogP contribution in [0.25, 0.3) is 0 Å². The molecule has 1 aliphatic rings. The van der Waals surface area contributed by atoms with E-state index >= 15 is 0 Å². The second-order valence-corrected chi connectivity index (χ2v) is 7.90. The molecular weight excluding hydrogens is 452 g/mol. The summed E-state index contributed by atoms with van der Waals surface area (Å²) in [5, 5.41) is 18.1. The van der Waals surface area contributed by atoms with Crippen molar-refractivity contribution < 1.29 is 23.7 Å². The smallest absolute Gasteiger partial charge is 0.340 e. The van der Waals surface area contributed by atoms with E-state index in [0.29, 0.717) is 35.5 Å². The molecule has 1 heterocycles. The quantitative estimate of drug-likeness (QED) is 0.276. The number of benzene rings is 2. The zero-order valence-electron chi connectivity index (χ0n) is 19.3. The minimum atomic E-state index is -0.523. The molecule has 4 rings (SSSR count). The average Bonchev–Trinajstić information content (AvgIpc) is 3.20. The highest BCUT2D eigenvalue weighted by Crippen LogP contribution is 2.31. The van der Waals surface area contributed by atoms with Gasteiger partial charge in [0, 0.05) is 29.7 Å². The lowest BCUT2D eigenvalue weighted by Crippen LogP contribution is -2.16. The molecule has 180 valence electrons. The van der Waals surface area contributed by atoms with Crippen LogP contribution in [0.5, 0.6) is 0 Å². The van der Waals surface area contributed by atoms with Crippen molar-refractivity contribution in [1.29, 1.82) is 0 Å². The number of hydrogen-bond acceptors (Lipinski definition) is 8. The maximum Gasteiger partial charge on any atom is 0.340 e. The van der Waals surface area contributed by atoms with Crippen LogP contribution in [0.4, 0.5) is 17.1 Å². The number of rotatable bonds is 7. The van der Waals surface area contributed by atoms with Crippen molar-refractivity contribution in [3.63, 3.8) is 0 Å². The van der Waals surface area contributed by atoms with Gasteiger partial charge in [-0.25, -0.2) is 4.79 Å². The number of anilines is 2. The Balaban J connectivity index is 1.57. The van der Waals surface area contributed by atoms with Crippen LogP contribution in [0.2, 0.25) is 0 Å². The monoisotopic (exact) mass is 476 g/mol. The van der Waals surface area contributed by atoms with Crippen molar-refractivity contribution in [3.8, 4) is 0 Å². The molecule has 0 unspecified atom stereocenters. The fourth-order valence-corrected chi connectivity index (χ4v) is 3.94. The number of amides is 1. The fraction of sp³-hybridized carbons (Fsp3) is 0.240. The van der Waals surface area contributed by atoms with Gasteiger partial charge in [-0.05, 0) is 51.0 Å². The first-order valence-corrected chi connectivity index (χ1v) is 11.2. The first kappa shape index (κ1) is 23.7. The summed E-state index contributed by atoms with van der Waals surface area (Å²) in [6.45, 7) is 3.73. The van der Waals surface area contributed by atoms with E-state index in [-0.39, 0.29) is 23.6 Å². The third kappa shape index (κ3) is 5.06. The molecule has 0 aliphatic heterocycles. The van der Waals surface area contributed by atoms with Gasteiger partial charge in [0.05, 0.1) is 34.2 Å². The summed E-state index contributed by atoms with van der Waals surface area (Å²) < 4.78 is 11.0. The van der Waals surface area contributed by atoms with E-state index in [2.05, 4.69) is 15.8 Å². The van der Waals surface area contributed by atoms with Gasteiger partial charge in [0.15, 0.2) is 5.76 Å². The van der Waals surface area contributed by atoms with E-state index in [4.69, 9.17) is 9.15 Å². The Bertz CT molecular complexity index is 1310. The van der Waals surface area contributed by atoms with Crippen LogP contribution < -0.4 is 10.7 Å². The molecule has 1 aromatic heterocycles. The molecule has 0 saturated heterocycles. The number of ether oxygens (including phenoxy) is 1. The Morgan fingerprint density at radius 3 is 2.60 bits per heavy atom. The number of nitrogens with one attached hydrogen (secondary N) is 2. The number of esters is 1. The zero-order valence-corrected chi connectivity index (χ0v) is 19.3. The normalized spacial score (nSPS) is 13.7. The SMILES string of the molecule is CCOC(=O)c1ccccc1NC(=O)c1oc2c(c1C)/C(=N/Nc1ccc([N+](=O)[O-])cc1)CCC2. The summed E-state index contributed by atoms with van der Waals surface area (Å²) >= 11 is 0. The predicted molar refractivity (Wildman–Crippen MR) is 130 cm³/mol. The summed E-state index contributed by atoms with van der Waals surface area (Å²) in [6.07, 6.45) is 2.15. The fourth-order valence-electron chi connectivity index (χ4n) is 3.94. The van der Waals surface area contributed by atoms with Crippen molar-refractivity contribution in [1.82, 2.24) is 0 Å². The number of nitro benzene ring substituents is 1. The number of hydrogen-bond donors (Lipinski definition) is 2. The van der Waals surface area contributed by atoms with Gasteiger partial charge in [0.1, 0.15) is 5.76 Å². The van der Waals surface area contributed by atoms with Gasteiger partial charge in [0.25, 0.3) is 11.6 Å². The van der Waals surface area contributed by atoms with Crippen molar-refractivity contribution in [2.75, 3.05) is 17.3 Å². The third-order valence-electron chi connectivity index (χ3n) is 5.60. The van der Waals surface area contributed by atoms with Crippen LogP contribution in [0.15, 0.2) is 58.0 Å². The Kier molecular flexibility index (Phi) is 6.91. The van der Waals surface area contributed by atoms with Gasteiger partial charge in [-0.1, -0.05) is 12.1 Å². The Labute approximate surface area is 201 Å². The van der Waals surface area contributed by atoms with Gasteiger partial charge >= 0.3 is 5.97 Å². The summed E-state index contributed by atoms with van der Waals surface area (Å²) in [5.41, 5.74) is 6.27. The maximum absolute atomic E-state index is 13.1. The topological polar surface area (TPSA) is 136 Å². The molecule has 0 fully saturated rings. The Morgan fingerprint density at radius 2 is 1.89 bits per heavy atom. The number of nitrogens with zero attached hydrogens (tertiary/aromatic N) is 2. The molecule has 3 aromatic rings. The maximum atomic E-state index is 13.1. The lowest BCUT2D eigenvalue weighted by atomic mass is 9.93. The lowest BCUT2D eigenvalue weighted by molar-refractivity contribution is -0.384. The van der Waals surface area contributed by atoms with Crippen molar-refractivity contribution in [2.45, 2.75) is 33.1 Å². The van der Waals surface area contributed by atoms with Crippen LogP contribution in [0.3, 0.4) is 0 Å². The van der Waals surface area contributed by atoms with Crippen LogP contribution in [-0.2, 0) is 11.2 Å². The van der Waals surface area contributed by atoms with Gasteiger partial charge in [-0.2, -0.15) is 5.10 Å². The molecule has 0 atom stereocenters. The van der Waals surface area contributed by atoms with Crippen LogP contribution in [0.1, 0.15) is 57.6 Å². The van der Waals surface area contributed by atoms with E-state index in [1.165, 1.54) is 12.1 Å². The van der Waals surface area contributed by atoms with E-state index in [1.807, 2.05) is 0 Å². The molecule has 35 heavy (non-hydrogen) atoms. The minimum Gasteiger partial charge on any atom is -0.462 e. The van der Waals surface area contributed by atoms with Gasteiger partial charge in [-0.15, -0.1) is 0 Å². The highest BCUT2D eigenvalue weighted by Gasteiger charge is 2.28. The van der Waals surface area contributed by atoms with E-state index in [0.717, 1.165) is 17.7 Å². The van der Waals surface area contributed by atoms with E-state index in [9.17, 15) is 19.7 Å². The number of carbonyl (C=O) groups excluding carboxylic acids is 2. The first-order chi connectivity index (χ1) is 16.9. The van der Waals surface area contributed by atoms with E-state index < -0.39 is 16.8 Å². The number of aryl methyl sites for hydroxylation is 1. The highest BCUT2D eigenvalue weighted by atomic mass is 16.6. The largest absolute Gasteiger partial charge is 0.462 e. The number of non-ortho nitro benzene ring substituents is 1. The second-order valence-electron chi connectivity index (χ2n) is 7.90. The number of hydrazone groups is 1. The Hall–Kier alpha value is -4.47. The molecule has 1 amide bonds. The number of nitro groups is 1. The van der Waals surface area contributed by atoms with Crippen LogP contribution in [-0.4, -0.2) is 29.1 Å². The van der Waals surface area contributed by atoms with E-state index in [1.54, 1.807) is 50.2 Å². The molecule has 0 spiro atoms. The van der Waals surface area contributed by atoms with Crippen LogP contribution in [0, 0.1) is 17.0 Å². The molecule has 0 radical (unpaired) electrons. The molecular formula is C25H24N4O6. The Morgan fingerprint density at radius 1 is 1.14 bits per heavy atom. The summed E-state index contributed by atoms with van der Waals surface area (Å²) in [4.78, 5) is 35.7. The second kappa shape index (κ2) is 10.2. The van der Waals surface area contributed by atoms with Gasteiger partial charge in [0.2, 0.25) is 0 Å². The number of fused-ring (bicyclic) bond motifs is 1. The zero-order chi connectivity index (χ0) is 24.9. The lowest BCUT2D eigenvalue weighted by Gasteiger charge is -2.13. The summed E-state index contributed by atoms with van der Waals surface area (Å²) in [7, 11) is 0. The third-order valence-corrected chi connectivity index (χ3v) is 5.60. The summed E-state index contributed by atoms with van der Waals surface area (Å²) in [5.74, 6) is -0.178. The predicted octanol–water partition coefficient (Wildman–Crippen LogP) is 5.08. The highest BCUT2D eigenvalue weighted by molar-refractivity contribution is 6.11. The average molecular weight is 476 g/mol. The van der Waals surface area contributed by atoms with Gasteiger partial charge in [-0.3, -0.25) is 20.3 Å². The molecule has 1 aliphatic carbocycles.